The summed E-state index contributed by atoms with van der Waals surface area (Å²) in [5.41, 5.74) is 4.91. The number of nitriles is 1. The third-order valence-corrected chi connectivity index (χ3v) is 6.88. The molecule has 1 fully saturated rings. The summed E-state index contributed by atoms with van der Waals surface area (Å²) in [6.45, 7) is 5.32. The highest BCUT2D eigenvalue weighted by molar-refractivity contribution is 6.01. The highest BCUT2D eigenvalue weighted by Crippen LogP contribution is 2.33. The fourth-order valence-corrected chi connectivity index (χ4v) is 4.94. The number of imidazole rings is 1. The van der Waals surface area contributed by atoms with Crippen molar-refractivity contribution < 1.29 is 4.79 Å². The van der Waals surface area contributed by atoms with Crippen LogP contribution in [0.4, 0.5) is 11.4 Å². The Bertz CT molecular complexity index is 1800. The molecule has 0 unspecified atom stereocenters. The first-order chi connectivity index (χ1) is 18.4. The number of nitrogens with zero attached hydrogens (tertiary/aromatic N) is 5. The number of anilines is 2. The molecule has 4 N–H and O–H groups in total. The van der Waals surface area contributed by atoms with Gasteiger partial charge in [-0.2, -0.15) is 5.26 Å². The van der Waals surface area contributed by atoms with E-state index >= 15 is 0 Å². The number of carbonyl (C=O) groups is 1. The van der Waals surface area contributed by atoms with Crippen molar-refractivity contribution in [2.75, 3.05) is 43.4 Å². The van der Waals surface area contributed by atoms with Gasteiger partial charge in [-0.15, -0.1) is 0 Å². The van der Waals surface area contributed by atoms with Crippen molar-refractivity contribution in [2.24, 2.45) is 0 Å². The quantitative estimate of drug-likeness (QED) is 0.292. The molecular weight excluding hydrogens is 482 g/mol. The van der Waals surface area contributed by atoms with Gasteiger partial charge in [0.2, 0.25) is 5.91 Å². The van der Waals surface area contributed by atoms with Gasteiger partial charge >= 0.3 is 0 Å². The molecule has 1 saturated heterocycles. The molecule has 5 aromatic rings. The standard InChI is InChI=1S/C27H25N9O2/c1-15(37)31-16-5-6-29-22(11-16)24-18(13-28)19-14-30-27(38)23(25(19)34-24)26-32-20-4-3-17(12-21(20)33-26)36-9-7-35(2)8-10-36/h3-6,11-12,14,34H,7-10H2,1-2H3,(H,30,38)(H,32,33)(H,29,31,37). The Hall–Kier alpha value is -4.95. The third kappa shape index (κ3) is 4.07. The number of carbonyl (C=O) groups excluding carboxylic acids is 1. The SMILES string of the molecule is CC(=O)Nc1ccnc(-c2[nH]c3c(-c4nc5ccc(N6CCN(C)CC6)cc5[nH]4)c(=O)[nH]cc3c2C#N)c1. The van der Waals surface area contributed by atoms with Gasteiger partial charge in [-0.1, -0.05) is 0 Å². The van der Waals surface area contributed by atoms with E-state index in [1.54, 1.807) is 18.3 Å². The van der Waals surface area contributed by atoms with Crippen LogP contribution in [-0.4, -0.2) is 69.0 Å². The summed E-state index contributed by atoms with van der Waals surface area (Å²) in [5, 5.41) is 13.3. The highest BCUT2D eigenvalue weighted by Gasteiger charge is 2.22. The summed E-state index contributed by atoms with van der Waals surface area (Å²) in [6.07, 6.45) is 3.07. The van der Waals surface area contributed by atoms with Gasteiger partial charge in [0.15, 0.2) is 0 Å². The van der Waals surface area contributed by atoms with Gasteiger partial charge in [-0.25, -0.2) is 4.98 Å². The van der Waals surface area contributed by atoms with Gasteiger partial charge in [0, 0.05) is 62.3 Å². The molecule has 1 amide bonds. The van der Waals surface area contributed by atoms with Crippen LogP contribution in [0.2, 0.25) is 0 Å². The summed E-state index contributed by atoms with van der Waals surface area (Å²) < 4.78 is 0. The first-order valence-corrected chi connectivity index (χ1v) is 12.3. The topological polar surface area (TPSA) is 150 Å². The number of rotatable bonds is 4. The summed E-state index contributed by atoms with van der Waals surface area (Å²) in [7, 11) is 2.12. The van der Waals surface area contributed by atoms with Crippen molar-refractivity contribution in [3.05, 3.63) is 58.6 Å². The average molecular weight is 508 g/mol. The molecule has 0 spiro atoms. The van der Waals surface area contributed by atoms with Gasteiger partial charge in [-0.3, -0.25) is 14.6 Å². The molecule has 1 aliphatic heterocycles. The van der Waals surface area contributed by atoms with Crippen LogP contribution in [0, 0.1) is 11.3 Å². The Balaban J connectivity index is 1.46. The lowest BCUT2D eigenvalue weighted by atomic mass is 10.1. The molecule has 0 bridgehead atoms. The van der Waals surface area contributed by atoms with E-state index in [-0.39, 0.29) is 11.5 Å². The Morgan fingerprint density at radius 3 is 2.71 bits per heavy atom. The number of hydrogen-bond donors (Lipinski definition) is 4. The molecular formula is C27H25N9O2. The minimum Gasteiger partial charge on any atom is -0.369 e. The molecule has 190 valence electrons. The van der Waals surface area contributed by atoms with Crippen molar-refractivity contribution in [1.29, 1.82) is 5.26 Å². The van der Waals surface area contributed by atoms with E-state index in [4.69, 9.17) is 4.98 Å². The Morgan fingerprint density at radius 1 is 1.13 bits per heavy atom. The van der Waals surface area contributed by atoms with E-state index < -0.39 is 0 Å². The fraction of sp³-hybridized carbons (Fsp3) is 0.222. The van der Waals surface area contributed by atoms with Gasteiger partial charge in [-0.05, 0) is 37.4 Å². The van der Waals surface area contributed by atoms with Crippen LogP contribution in [0.15, 0.2) is 47.5 Å². The third-order valence-electron chi connectivity index (χ3n) is 6.88. The maximum atomic E-state index is 13.1. The summed E-state index contributed by atoms with van der Waals surface area (Å²) >= 11 is 0. The van der Waals surface area contributed by atoms with Crippen LogP contribution < -0.4 is 15.8 Å². The first-order valence-electron chi connectivity index (χ1n) is 12.3. The predicted octanol–water partition coefficient (Wildman–Crippen LogP) is 3.04. The monoisotopic (exact) mass is 507 g/mol. The summed E-state index contributed by atoms with van der Waals surface area (Å²) in [6, 6.07) is 11.6. The normalized spacial score (nSPS) is 14.2. The molecule has 0 radical (unpaired) electrons. The number of amides is 1. The predicted molar refractivity (Wildman–Crippen MR) is 146 cm³/mol. The Kier molecular flexibility index (Phi) is 5.66. The van der Waals surface area contributed by atoms with Crippen molar-refractivity contribution in [3.63, 3.8) is 0 Å². The van der Waals surface area contributed by atoms with E-state index in [1.807, 2.05) is 6.07 Å². The minimum atomic E-state index is -0.340. The van der Waals surface area contributed by atoms with E-state index in [0.29, 0.717) is 44.9 Å². The number of aromatic amines is 3. The lowest BCUT2D eigenvalue weighted by molar-refractivity contribution is -0.114. The molecule has 0 aliphatic carbocycles. The summed E-state index contributed by atoms with van der Waals surface area (Å²) in [4.78, 5) is 47.6. The molecule has 4 aromatic heterocycles. The van der Waals surface area contributed by atoms with Crippen LogP contribution in [0.5, 0.6) is 0 Å². The van der Waals surface area contributed by atoms with E-state index in [9.17, 15) is 14.9 Å². The molecule has 11 nitrogen and oxygen atoms in total. The van der Waals surface area contributed by atoms with Gasteiger partial charge in [0.05, 0.1) is 33.5 Å². The largest absolute Gasteiger partial charge is 0.369 e. The summed E-state index contributed by atoms with van der Waals surface area (Å²) in [5.74, 6) is 0.187. The molecule has 11 heteroatoms. The van der Waals surface area contributed by atoms with Gasteiger partial charge < -0.3 is 30.1 Å². The van der Waals surface area contributed by atoms with Gasteiger partial charge in [0.1, 0.15) is 17.5 Å². The minimum absolute atomic E-state index is 0.215. The van der Waals surface area contributed by atoms with Crippen LogP contribution in [0.1, 0.15) is 12.5 Å². The zero-order valence-corrected chi connectivity index (χ0v) is 20.9. The zero-order chi connectivity index (χ0) is 26.4. The molecule has 5 heterocycles. The van der Waals surface area contributed by atoms with Crippen LogP contribution in [0.25, 0.3) is 44.7 Å². The van der Waals surface area contributed by atoms with E-state index in [2.05, 4.69) is 60.3 Å². The molecule has 6 rings (SSSR count). The second kappa shape index (κ2) is 9.17. The second-order valence-electron chi connectivity index (χ2n) is 9.46. The average Bonchev–Trinajstić information content (AvgIpc) is 3.49. The smallest absolute Gasteiger partial charge is 0.261 e. The number of piperazine rings is 1. The van der Waals surface area contributed by atoms with Crippen molar-refractivity contribution >= 4 is 39.2 Å². The van der Waals surface area contributed by atoms with Crippen LogP contribution in [0.3, 0.4) is 0 Å². The lowest BCUT2D eigenvalue weighted by Gasteiger charge is -2.34. The van der Waals surface area contributed by atoms with Crippen molar-refractivity contribution in [1.82, 2.24) is 29.8 Å². The van der Waals surface area contributed by atoms with E-state index in [0.717, 1.165) is 42.9 Å². The first kappa shape index (κ1) is 23.4. The number of hydrogen-bond acceptors (Lipinski definition) is 7. The number of aromatic nitrogens is 5. The lowest BCUT2D eigenvalue weighted by Crippen LogP contribution is -2.44. The van der Waals surface area contributed by atoms with Crippen LogP contribution in [-0.2, 0) is 4.79 Å². The maximum absolute atomic E-state index is 13.1. The highest BCUT2D eigenvalue weighted by atomic mass is 16.1. The zero-order valence-electron chi connectivity index (χ0n) is 20.9. The second-order valence-corrected chi connectivity index (χ2v) is 9.46. The van der Waals surface area contributed by atoms with Crippen molar-refractivity contribution in [3.8, 4) is 28.8 Å². The number of H-pyrrole nitrogens is 3. The number of fused-ring (bicyclic) bond motifs is 2. The van der Waals surface area contributed by atoms with E-state index in [1.165, 1.54) is 13.1 Å². The Morgan fingerprint density at radius 2 is 1.95 bits per heavy atom. The van der Waals surface area contributed by atoms with Gasteiger partial charge in [0.25, 0.3) is 5.56 Å². The van der Waals surface area contributed by atoms with Crippen LogP contribution >= 0.6 is 0 Å². The molecule has 0 atom stereocenters. The maximum Gasteiger partial charge on any atom is 0.261 e. The molecule has 0 saturated carbocycles. The number of benzene rings is 1. The molecule has 1 aliphatic rings. The molecule has 1 aromatic carbocycles. The van der Waals surface area contributed by atoms with Crippen molar-refractivity contribution in [2.45, 2.75) is 6.92 Å². The Labute approximate surface area is 217 Å². The molecule has 38 heavy (non-hydrogen) atoms. The number of likely N-dealkylation sites (N-methyl/N-ethyl adjacent to an activating group) is 1. The number of pyridine rings is 2. The number of nitrogens with one attached hydrogen (secondary N) is 4. The fourth-order valence-electron chi connectivity index (χ4n) is 4.94.